The Kier molecular flexibility index (Phi) is 5.66. The van der Waals surface area contributed by atoms with Crippen molar-refractivity contribution in [3.05, 3.63) is 71.2 Å². The number of aromatic nitrogens is 2. The number of anilines is 3. The molecule has 3 rings (SSSR count). The first-order chi connectivity index (χ1) is 14.4. The van der Waals surface area contributed by atoms with Crippen molar-refractivity contribution in [2.24, 2.45) is 7.05 Å². The van der Waals surface area contributed by atoms with Crippen molar-refractivity contribution in [2.75, 3.05) is 10.6 Å². The molecule has 0 radical (unpaired) electrons. The van der Waals surface area contributed by atoms with E-state index >= 15 is 0 Å². The van der Waals surface area contributed by atoms with Gasteiger partial charge in [-0.2, -0.15) is 31.4 Å². The molecular weight excluding hydrogens is 433 g/mol. The van der Waals surface area contributed by atoms with Gasteiger partial charge in [-0.05, 0) is 36.4 Å². The van der Waals surface area contributed by atoms with Gasteiger partial charge in [-0.25, -0.2) is 9.07 Å². The predicted octanol–water partition coefficient (Wildman–Crippen LogP) is 5.59. The third-order valence-corrected chi connectivity index (χ3v) is 4.15. The molecule has 0 aliphatic rings. The Balaban J connectivity index is 1.86. The fourth-order valence-corrected chi connectivity index (χ4v) is 2.68. The molecule has 3 aromatic rings. The van der Waals surface area contributed by atoms with Crippen LogP contribution < -0.4 is 10.6 Å². The van der Waals surface area contributed by atoms with Crippen molar-refractivity contribution in [1.29, 1.82) is 0 Å². The van der Waals surface area contributed by atoms with Crippen molar-refractivity contribution in [1.82, 2.24) is 9.78 Å². The SMILES string of the molecule is Cn1nc(C(F)(F)F)c(F)c1NC(=O)c1ccccc1Nc1ccc(C(F)(F)F)cc1. The Labute approximate surface area is 170 Å². The fourth-order valence-electron chi connectivity index (χ4n) is 2.68. The number of rotatable bonds is 4. The van der Waals surface area contributed by atoms with Gasteiger partial charge in [0.15, 0.2) is 11.6 Å². The first-order valence-electron chi connectivity index (χ1n) is 8.52. The van der Waals surface area contributed by atoms with E-state index in [9.17, 15) is 35.5 Å². The molecule has 0 bridgehead atoms. The molecule has 1 aromatic heterocycles. The molecule has 0 aliphatic carbocycles. The van der Waals surface area contributed by atoms with E-state index in [4.69, 9.17) is 0 Å². The van der Waals surface area contributed by atoms with Gasteiger partial charge in [0.2, 0.25) is 5.69 Å². The smallest absolute Gasteiger partial charge is 0.355 e. The normalized spacial score (nSPS) is 12.0. The molecule has 1 amide bonds. The number of amides is 1. The number of alkyl halides is 6. The summed E-state index contributed by atoms with van der Waals surface area (Å²) in [4.78, 5) is 12.6. The van der Waals surface area contributed by atoms with Gasteiger partial charge in [-0.3, -0.25) is 4.79 Å². The summed E-state index contributed by atoms with van der Waals surface area (Å²) in [5.74, 6) is -3.48. The van der Waals surface area contributed by atoms with E-state index in [0.717, 1.165) is 31.3 Å². The molecule has 1 heterocycles. The van der Waals surface area contributed by atoms with E-state index in [0.29, 0.717) is 4.68 Å². The first-order valence-corrected chi connectivity index (χ1v) is 8.52. The molecule has 0 fully saturated rings. The number of nitrogens with zero attached hydrogens (tertiary/aromatic N) is 2. The number of nitrogens with one attached hydrogen (secondary N) is 2. The Morgan fingerprint density at radius 1 is 0.935 bits per heavy atom. The van der Waals surface area contributed by atoms with Crippen LogP contribution in [0.3, 0.4) is 0 Å². The lowest BCUT2D eigenvalue weighted by atomic mass is 10.1. The van der Waals surface area contributed by atoms with Gasteiger partial charge in [0.1, 0.15) is 0 Å². The van der Waals surface area contributed by atoms with Crippen molar-refractivity contribution >= 4 is 23.1 Å². The van der Waals surface area contributed by atoms with Gasteiger partial charge in [-0.1, -0.05) is 12.1 Å². The highest BCUT2D eigenvalue weighted by atomic mass is 19.4. The second-order valence-corrected chi connectivity index (χ2v) is 6.33. The number of hydrogen-bond acceptors (Lipinski definition) is 3. The Bertz CT molecular complexity index is 1100. The third-order valence-electron chi connectivity index (χ3n) is 4.15. The molecule has 5 nitrogen and oxygen atoms in total. The maximum Gasteiger partial charge on any atom is 0.438 e. The summed E-state index contributed by atoms with van der Waals surface area (Å²) < 4.78 is 91.1. The highest BCUT2D eigenvalue weighted by Crippen LogP contribution is 2.34. The summed E-state index contributed by atoms with van der Waals surface area (Å²) in [5.41, 5.74) is -2.37. The average molecular weight is 446 g/mol. The minimum absolute atomic E-state index is 0.0865. The van der Waals surface area contributed by atoms with E-state index in [1.165, 1.54) is 24.3 Å². The number of hydrogen-bond donors (Lipinski definition) is 2. The summed E-state index contributed by atoms with van der Waals surface area (Å²) in [6, 6.07) is 9.68. The van der Waals surface area contributed by atoms with Gasteiger partial charge >= 0.3 is 12.4 Å². The van der Waals surface area contributed by atoms with Crippen LogP contribution in [0.25, 0.3) is 0 Å². The maximum atomic E-state index is 14.1. The Hall–Kier alpha value is -3.57. The largest absolute Gasteiger partial charge is 0.438 e. The quantitative estimate of drug-likeness (QED) is 0.514. The summed E-state index contributed by atoms with van der Waals surface area (Å²) in [6.45, 7) is 0. The molecule has 0 saturated carbocycles. The van der Waals surface area contributed by atoms with Crippen LogP contribution in [0.5, 0.6) is 0 Å². The minimum atomic E-state index is -5.05. The molecule has 2 N–H and O–H groups in total. The Morgan fingerprint density at radius 3 is 2.10 bits per heavy atom. The second-order valence-electron chi connectivity index (χ2n) is 6.33. The molecule has 0 atom stereocenters. The average Bonchev–Trinajstić information content (AvgIpc) is 2.96. The van der Waals surface area contributed by atoms with Crippen LogP contribution in [-0.4, -0.2) is 15.7 Å². The Morgan fingerprint density at radius 2 is 1.55 bits per heavy atom. The topological polar surface area (TPSA) is 59.0 Å². The molecular formula is C19H13F7N4O. The molecule has 0 unspecified atom stereocenters. The summed E-state index contributed by atoms with van der Waals surface area (Å²) >= 11 is 0. The van der Waals surface area contributed by atoms with Crippen LogP contribution >= 0.6 is 0 Å². The third kappa shape index (κ3) is 4.78. The van der Waals surface area contributed by atoms with E-state index < -0.39 is 41.2 Å². The summed E-state index contributed by atoms with van der Waals surface area (Å²) in [5, 5.41) is 7.83. The number of carbonyl (C=O) groups excluding carboxylic acids is 1. The number of benzene rings is 2. The first kappa shape index (κ1) is 22.1. The lowest BCUT2D eigenvalue weighted by Gasteiger charge is -2.13. The highest BCUT2D eigenvalue weighted by molar-refractivity contribution is 6.08. The monoisotopic (exact) mass is 446 g/mol. The van der Waals surface area contributed by atoms with Gasteiger partial charge in [0.25, 0.3) is 5.91 Å². The van der Waals surface area contributed by atoms with Crippen molar-refractivity contribution in [3.63, 3.8) is 0 Å². The number of carbonyl (C=O) groups is 1. The number of para-hydroxylation sites is 1. The van der Waals surface area contributed by atoms with Gasteiger partial charge in [0, 0.05) is 12.7 Å². The standard InChI is InChI=1S/C19H13F7N4O/c1-30-16(14(20)15(29-30)19(24,25)26)28-17(31)12-4-2-3-5-13(12)27-11-8-6-10(7-9-11)18(21,22)23/h2-9,27H,1H3,(H,28,31). The van der Waals surface area contributed by atoms with Crippen LogP contribution in [0.1, 0.15) is 21.6 Å². The number of aryl methyl sites for hydroxylation is 1. The van der Waals surface area contributed by atoms with E-state index in [1.54, 1.807) is 0 Å². The zero-order valence-electron chi connectivity index (χ0n) is 15.6. The number of halogens is 7. The van der Waals surface area contributed by atoms with Crippen LogP contribution in [0.4, 0.5) is 47.9 Å². The van der Waals surface area contributed by atoms with Crippen LogP contribution in [0, 0.1) is 5.82 Å². The molecule has 2 aromatic carbocycles. The molecule has 31 heavy (non-hydrogen) atoms. The van der Waals surface area contributed by atoms with Crippen LogP contribution in [-0.2, 0) is 19.4 Å². The molecule has 0 spiro atoms. The lowest BCUT2D eigenvalue weighted by Crippen LogP contribution is -2.17. The summed E-state index contributed by atoms with van der Waals surface area (Å²) in [7, 11) is 1.03. The maximum absolute atomic E-state index is 14.1. The fraction of sp³-hybridized carbons (Fsp3) is 0.158. The van der Waals surface area contributed by atoms with E-state index in [-0.39, 0.29) is 16.9 Å². The highest BCUT2D eigenvalue weighted by Gasteiger charge is 2.40. The molecule has 0 saturated heterocycles. The van der Waals surface area contributed by atoms with Crippen LogP contribution in [0.2, 0.25) is 0 Å². The minimum Gasteiger partial charge on any atom is -0.355 e. The van der Waals surface area contributed by atoms with Gasteiger partial charge in [0.05, 0.1) is 16.8 Å². The lowest BCUT2D eigenvalue weighted by molar-refractivity contribution is -0.143. The zero-order chi connectivity index (χ0) is 23.0. The van der Waals surface area contributed by atoms with Gasteiger partial charge in [-0.15, -0.1) is 0 Å². The van der Waals surface area contributed by atoms with Crippen molar-refractivity contribution in [2.45, 2.75) is 12.4 Å². The molecule has 12 heteroatoms. The second kappa shape index (κ2) is 7.93. The van der Waals surface area contributed by atoms with E-state index in [1.807, 2.05) is 5.32 Å². The van der Waals surface area contributed by atoms with Gasteiger partial charge < -0.3 is 10.6 Å². The molecule has 0 aliphatic heterocycles. The summed E-state index contributed by atoms with van der Waals surface area (Å²) in [6.07, 6.45) is -9.56. The van der Waals surface area contributed by atoms with Crippen molar-refractivity contribution in [3.8, 4) is 0 Å². The van der Waals surface area contributed by atoms with Crippen LogP contribution in [0.15, 0.2) is 48.5 Å². The molecule has 164 valence electrons. The zero-order valence-corrected chi connectivity index (χ0v) is 15.6. The van der Waals surface area contributed by atoms with Crippen molar-refractivity contribution < 1.29 is 35.5 Å². The predicted molar refractivity (Wildman–Crippen MR) is 97.3 cm³/mol. The van der Waals surface area contributed by atoms with E-state index in [2.05, 4.69) is 10.4 Å².